The number of hydrogen-bond donors (Lipinski definition) is 1. The topological polar surface area (TPSA) is 32.3 Å². The van der Waals surface area contributed by atoms with Crippen LogP contribution in [0.5, 0.6) is 0 Å². The predicted molar refractivity (Wildman–Crippen MR) is 60.9 cm³/mol. The van der Waals surface area contributed by atoms with Crippen molar-refractivity contribution in [3.63, 3.8) is 0 Å². The van der Waals surface area contributed by atoms with Crippen molar-refractivity contribution >= 4 is 5.91 Å². The summed E-state index contributed by atoms with van der Waals surface area (Å²) in [4.78, 5) is 14.1. The highest BCUT2D eigenvalue weighted by Crippen LogP contribution is 2.56. The number of halogens is 2. The monoisotopic (exact) mass is 246 g/mol. The average Bonchev–Trinajstić information content (AvgIpc) is 2.25. The molecule has 1 amide bonds. The Morgan fingerprint density at radius 2 is 1.76 bits per heavy atom. The van der Waals surface area contributed by atoms with Crippen LogP contribution in [0.3, 0.4) is 0 Å². The molecule has 1 saturated carbocycles. The number of piperazine rings is 1. The summed E-state index contributed by atoms with van der Waals surface area (Å²) in [7, 11) is 0. The van der Waals surface area contributed by atoms with Crippen LogP contribution in [-0.2, 0) is 4.79 Å². The zero-order valence-electron chi connectivity index (χ0n) is 10.4. The molecule has 0 aromatic rings. The summed E-state index contributed by atoms with van der Waals surface area (Å²) in [5.74, 6) is -2.74. The lowest BCUT2D eigenvalue weighted by atomic mass is 9.59. The maximum atomic E-state index is 13.1. The van der Waals surface area contributed by atoms with Crippen LogP contribution in [-0.4, -0.2) is 42.9 Å². The quantitative estimate of drug-likeness (QED) is 0.800. The number of nitrogens with one attached hydrogen (secondary N) is 1. The lowest BCUT2D eigenvalue weighted by molar-refractivity contribution is -0.198. The third kappa shape index (κ3) is 2.17. The zero-order valence-corrected chi connectivity index (χ0v) is 10.4. The number of carbonyl (C=O) groups excluding carboxylic acids is 1. The van der Waals surface area contributed by atoms with Gasteiger partial charge >= 0.3 is 0 Å². The molecule has 2 rings (SSSR count). The third-order valence-electron chi connectivity index (χ3n) is 4.08. The molecule has 2 fully saturated rings. The van der Waals surface area contributed by atoms with E-state index in [2.05, 4.69) is 5.32 Å². The van der Waals surface area contributed by atoms with Gasteiger partial charge in [-0.15, -0.1) is 0 Å². The van der Waals surface area contributed by atoms with Crippen molar-refractivity contribution in [3.05, 3.63) is 0 Å². The van der Waals surface area contributed by atoms with Crippen molar-refractivity contribution in [2.45, 2.75) is 32.6 Å². The van der Waals surface area contributed by atoms with E-state index in [-0.39, 0.29) is 24.7 Å². The van der Waals surface area contributed by atoms with Gasteiger partial charge in [-0.1, -0.05) is 13.8 Å². The molecule has 0 unspecified atom stereocenters. The molecule has 0 aromatic carbocycles. The Morgan fingerprint density at radius 3 is 2.18 bits per heavy atom. The number of alkyl halides is 2. The summed E-state index contributed by atoms with van der Waals surface area (Å²) in [5.41, 5.74) is -0.819. The van der Waals surface area contributed by atoms with Gasteiger partial charge in [-0.2, -0.15) is 0 Å². The van der Waals surface area contributed by atoms with Gasteiger partial charge in [0.15, 0.2) is 0 Å². The number of rotatable bonds is 2. The maximum absolute atomic E-state index is 13.1. The van der Waals surface area contributed by atoms with Crippen molar-refractivity contribution in [3.8, 4) is 0 Å². The molecule has 0 aromatic heterocycles. The lowest BCUT2D eigenvalue weighted by Gasteiger charge is -2.51. The molecule has 17 heavy (non-hydrogen) atoms. The fourth-order valence-electron chi connectivity index (χ4n) is 2.86. The van der Waals surface area contributed by atoms with E-state index in [1.54, 1.807) is 4.90 Å². The Balaban J connectivity index is 2.09. The molecular weight excluding hydrogens is 226 g/mol. The van der Waals surface area contributed by atoms with Crippen LogP contribution in [0.4, 0.5) is 8.78 Å². The van der Waals surface area contributed by atoms with E-state index in [1.165, 1.54) is 0 Å². The van der Waals surface area contributed by atoms with Crippen LogP contribution in [0.15, 0.2) is 0 Å². The molecule has 0 bridgehead atoms. The predicted octanol–water partition coefficient (Wildman–Crippen LogP) is 1.49. The SMILES string of the molecule is CC(C)C1(C(=O)N2CCNCC2)CC(F)(F)C1. The summed E-state index contributed by atoms with van der Waals surface area (Å²) in [6.07, 6.45) is -0.555. The first-order valence-corrected chi connectivity index (χ1v) is 6.25. The first-order chi connectivity index (χ1) is 7.87. The van der Waals surface area contributed by atoms with Gasteiger partial charge in [0.1, 0.15) is 0 Å². The fraction of sp³-hybridized carbons (Fsp3) is 0.917. The lowest BCUT2D eigenvalue weighted by Crippen LogP contribution is -2.61. The fourth-order valence-corrected chi connectivity index (χ4v) is 2.86. The number of hydrogen-bond acceptors (Lipinski definition) is 2. The van der Waals surface area contributed by atoms with Gasteiger partial charge < -0.3 is 10.2 Å². The number of carbonyl (C=O) groups is 1. The summed E-state index contributed by atoms with van der Waals surface area (Å²) in [6.45, 7) is 6.54. The highest BCUT2D eigenvalue weighted by molar-refractivity contribution is 5.84. The van der Waals surface area contributed by atoms with E-state index in [9.17, 15) is 13.6 Å². The normalized spacial score (nSPS) is 26.8. The number of nitrogens with zero attached hydrogens (tertiary/aromatic N) is 1. The first-order valence-electron chi connectivity index (χ1n) is 6.25. The first kappa shape index (κ1) is 12.7. The van der Waals surface area contributed by atoms with Crippen LogP contribution in [0, 0.1) is 11.3 Å². The van der Waals surface area contributed by atoms with Gasteiger partial charge in [0.05, 0.1) is 5.41 Å². The van der Waals surface area contributed by atoms with Crippen molar-refractivity contribution < 1.29 is 13.6 Å². The largest absolute Gasteiger partial charge is 0.340 e. The number of amides is 1. The van der Waals surface area contributed by atoms with Gasteiger partial charge in [0, 0.05) is 39.0 Å². The molecule has 0 spiro atoms. The summed E-state index contributed by atoms with van der Waals surface area (Å²) >= 11 is 0. The molecule has 1 saturated heterocycles. The van der Waals surface area contributed by atoms with Crippen molar-refractivity contribution in [2.75, 3.05) is 26.2 Å². The van der Waals surface area contributed by atoms with Crippen LogP contribution in [0.25, 0.3) is 0 Å². The Hall–Kier alpha value is -0.710. The molecule has 98 valence electrons. The van der Waals surface area contributed by atoms with Crippen molar-refractivity contribution in [1.29, 1.82) is 0 Å². The summed E-state index contributed by atoms with van der Waals surface area (Å²) < 4.78 is 26.3. The maximum Gasteiger partial charge on any atom is 0.250 e. The minimum atomic E-state index is -2.64. The average molecular weight is 246 g/mol. The van der Waals surface area contributed by atoms with E-state index in [0.29, 0.717) is 13.1 Å². The standard InChI is InChI=1S/C12H20F2N2O/c1-9(2)11(7-12(13,14)8-11)10(17)16-5-3-15-4-6-16/h9,15H,3-8H2,1-2H3. The van der Waals surface area contributed by atoms with E-state index in [4.69, 9.17) is 0 Å². The Labute approximate surface area is 101 Å². The van der Waals surface area contributed by atoms with Crippen LogP contribution in [0.1, 0.15) is 26.7 Å². The minimum Gasteiger partial charge on any atom is -0.340 e. The van der Waals surface area contributed by atoms with Gasteiger partial charge in [-0.25, -0.2) is 8.78 Å². The van der Waals surface area contributed by atoms with Crippen molar-refractivity contribution in [2.24, 2.45) is 11.3 Å². The molecule has 5 heteroatoms. The molecule has 2 aliphatic rings. The second-order valence-corrected chi connectivity index (χ2v) is 5.56. The van der Waals surface area contributed by atoms with E-state index >= 15 is 0 Å². The van der Waals surface area contributed by atoms with Crippen LogP contribution in [0.2, 0.25) is 0 Å². The molecule has 1 aliphatic carbocycles. The van der Waals surface area contributed by atoms with Crippen LogP contribution < -0.4 is 5.32 Å². The Morgan fingerprint density at radius 1 is 1.24 bits per heavy atom. The molecule has 0 atom stereocenters. The molecule has 1 heterocycles. The molecule has 1 aliphatic heterocycles. The second kappa shape index (κ2) is 4.19. The van der Waals surface area contributed by atoms with Crippen LogP contribution >= 0.6 is 0 Å². The van der Waals surface area contributed by atoms with E-state index < -0.39 is 11.3 Å². The van der Waals surface area contributed by atoms with Gasteiger partial charge in [0.2, 0.25) is 11.8 Å². The highest BCUT2D eigenvalue weighted by Gasteiger charge is 2.62. The zero-order chi connectivity index (χ0) is 12.7. The smallest absolute Gasteiger partial charge is 0.250 e. The van der Waals surface area contributed by atoms with Crippen molar-refractivity contribution in [1.82, 2.24) is 10.2 Å². The highest BCUT2D eigenvalue weighted by atomic mass is 19.3. The Bertz CT molecular complexity index is 304. The molecule has 3 nitrogen and oxygen atoms in total. The summed E-state index contributed by atoms with van der Waals surface area (Å²) in [5, 5.41) is 3.16. The minimum absolute atomic E-state index is 0.0236. The molecule has 1 N–H and O–H groups in total. The molecular formula is C12H20F2N2O. The third-order valence-corrected chi connectivity index (χ3v) is 4.08. The van der Waals surface area contributed by atoms with Gasteiger partial charge in [-0.05, 0) is 5.92 Å². The Kier molecular flexibility index (Phi) is 3.14. The van der Waals surface area contributed by atoms with Gasteiger partial charge in [-0.3, -0.25) is 4.79 Å². The molecule has 0 radical (unpaired) electrons. The van der Waals surface area contributed by atoms with E-state index in [0.717, 1.165) is 13.1 Å². The van der Waals surface area contributed by atoms with Gasteiger partial charge in [0.25, 0.3) is 0 Å². The second-order valence-electron chi connectivity index (χ2n) is 5.56. The summed E-state index contributed by atoms with van der Waals surface area (Å²) in [6, 6.07) is 0. The van der Waals surface area contributed by atoms with E-state index in [1.807, 2.05) is 13.8 Å².